The number of amides is 2. The lowest BCUT2D eigenvalue weighted by atomic mass is 10.0. The molecule has 0 bridgehead atoms. The zero-order valence-electron chi connectivity index (χ0n) is 11.6. The van der Waals surface area contributed by atoms with Crippen molar-refractivity contribution in [1.29, 1.82) is 0 Å². The van der Waals surface area contributed by atoms with E-state index in [1.807, 2.05) is 32.0 Å². The van der Waals surface area contributed by atoms with Crippen LogP contribution in [0.25, 0.3) is 0 Å². The number of imide groups is 1. The van der Waals surface area contributed by atoms with Crippen molar-refractivity contribution in [1.82, 2.24) is 4.90 Å². The maximum atomic E-state index is 12.2. The largest absolute Gasteiger partial charge is 0.447 e. The first kappa shape index (κ1) is 14.9. The number of benzene rings is 1. The minimum Gasteiger partial charge on any atom is -0.447 e. The molecular formula is C15H18ClNO3. The minimum absolute atomic E-state index is 0.166. The van der Waals surface area contributed by atoms with Crippen molar-refractivity contribution in [3.05, 3.63) is 34.9 Å². The number of hydrogen-bond donors (Lipinski definition) is 0. The summed E-state index contributed by atoms with van der Waals surface area (Å²) in [6, 6.07) is 7.24. The zero-order valence-corrected chi connectivity index (χ0v) is 12.4. The van der Waals surface area contributed by atoms with Gasteiger partial charge in [-0.15, -0.1) is 0 Å². The second-order valence-corrected chi connectivity index (χ2v) is 5.65. The number of ether oxygens (including phenoxy) is 1. The summed E-state index contributed by atoms with van der Waals surface area (Å²) in [4.78, 5) is 25.2. The van der Waals surface area contributed by atoms with E-state index in [0.29, 0.717) is 11.4 Å². The van der Waals surface area contributed by atoms with Gasteiger partial charge in [-0.1, -0.05) is 43.6 Å². The Bertz CT molecular complexity index is 516. The third kappa shape index (κ3) is 3.12. The fourth-order valence-electron chi connectivity index (χ4n) is 2.28. The molecule has 108 valence electrons. The monoisotopic (exact) mass is 295 g/mol. The van der Waals surface area contributed by atoms with E-state index in [2.05, 4.69) is 0 Å². The van der Waals surface area contributed by atoms with Crippen LogP contribution in [0.4, 0.5) is 4.79 Å². The van der Waals surface area contributed by atoms with Gasteiger partial charge in [-0.25, -0.2) is 9.69 Å². The SMILES string of the molecule is CC(C)C1COC(=O)N1C(=O)CCc1ccccc1Cl. The Morgan fingerprint density at radius 3 is 2.80 bits per heavy atom. The minimum atomic E-state index is -0.534. The molecule has 1 aromatic rings. The highest BCUT2D eigenvalue weighted by Gasteiger charge is 2.39. The Morgan fingerprint density at radius 1 is 1.45 bits per heavy atom. The topological polar surface area (TPSA) is 46.6 Å². The summed E-state index contributed by atoms with van der Waals surface area (Å²) in [5, 5.41) is 0.643. The van der Waals surface area contributed by atoms with Gasteiger partial charge in [0.15, 0.2) is 0 Å². The molecular weight excluding hydrogens is 278 g/mol. The van der Waals surface area contributed by atoms with Gasteiger partial charge in [0.1, 0.15) is 6.61 Å². The van der Waals surface area contributed by atoms with Crippen LogP contribution in [0.15, 0.2) is 24.3 Å². The molecule has 1 unspecified atom stereocenters. The molecule has 0 spiro atoms. The van der Waals surface area contributed by atoms with Crippen molar-refractivity contribution in [2.75, 3.05) is 6.61 Å². The molecule has 2 rings (SSSR count). The van der Waals surface area contributed by atoms with Gasteiger partial charge >= 0.3 is 6.09 Å². The van der Waals surface area contributed by atoms with Gasteiger partial charge in [0.05, 0.1) is 6.04 Å². The maximum Gasteiger partial charge on any atom is 0.416 e. The van der Waals surface area contributed by atoms with Crippen LogP contribution in [-0.4, -0.2) is 29.5 Å². The Kier molecular flexibility index (Phi) is 4.65. The molecule has 1 aliphatic heterocycles. The third-order valence-electron chi connectivity index (χ3n) is 3.51. The van der Waals surface area contributed by atoms with Crippen molar-refractivity contribution in [3.8, 4) is 0 Å². The van der Waals surface area contributed by atoms with Crippen molar-refractivity contribution in [2.24, 2.45) is 5.92 Å². The third-order valence-corrected chi connectivity index (χ3v) is 3.88. The van der Waals surface area contributed by atoms with Gasteiger partial charge in [0.2, 0.25) is 5.91 Å². The number of cyclic esters (lactones) is 1. The Hall–Kier alpha value is -1.55. The quantitative estimate of drug-likeness (QED) is 0.856. The molecule has 0 aliphatic carbocycles. The van der Waals surface area contributed by atoms with Crippen molar-refractivity contribution in [3.63, 3.8) is 0 Å². The summed E-state index contributed by atoms with van der Waals surface area (Å²) in [5.41, 5.74) is 0.913. The normalized spacial score (nSPS) is 18.5. The summed E-state index contributed by atoms with van der Waals surface area (Å²) in [7, 11) is 0. The Balaban J connectivity index is 2.01. The van der Waals surface area contributed by atoms with E-state index >= 15 is 0 Å². The molecule has 0 radical (unpaired) electrons. The number of halogens is 1. The van der Waals surface area contributed by atoms with Crippen LogP contribution >= 0.6 is 11.6 Å². The number of rotatable bonds is 4. The number of aryl methyl sites for hydroxylation is 1. The van der Waals surface area contributed by atoms with Crippen LogP contribution in [0.3, 0.4) is 0 Å². The van der Waals surface area contributed by atoms with Gasteiger partial charge in [-0.3, -0.25) is 4.79 Å². The molecule has 4 nitrogen and oxygen atoms in total. The van der Waals surface area contributed by atoms with E-state index < -0.39 is 6.09 Å². The average Bonchev–Trinajstić information content (AvgIpc) is 2.79. The first-order valence-electron chi connectivity index (χ1n) is 6.73. The molecule has 1 aromatic carbocycles. The summed E-state index contributed by atoms with van der Waals surface area (Å²) in [6.07, 6.45) is 0.239. The van der Waals surface area contributed by atoms with Crippen LogP contribution in [-0.2, 0) is 16.0 Å². The Labute approximate surface area is 123 Å². The highest BCUT2D eigenvalue weighted by molar-refractivity contribution is 6.31. The summed E-state index contributed by atoms with van der Waals surface area (Å²) in [5.74, 6) is -0.0168. The van der Waals surface area contributed by atoms with E-state index in [0.717, 1.165) is 5.56 Å². The fourth-order valence-corrected chi connectivity index (χ4v) is 2.51. The van der Waals surface area contributed by atoms with Crippen LogP contribution in [0.2, 0.25) is 5.02 Å². The molecule has 0 aromatic heterocycles. The van der Waals surface area contributed by atoms with E-state index in [9.17, 15) is 9.59 Å². The maximum absolute atomic E-state index is 12.2. The predicted molar refractivity (Wildman–Crippen MR) is 76.6 cm³/mol. The average molecular weight is 296 g/mol. The van der Waals surface area contributed by atoms with Gasteiger partial charge < -0.3 is 4.74 Å². The number of carbonyl (C=O) groups excluding carboxylic acids is 2. The van der Waals surface area contributed by atoms with E-state index in [4.69, 9.17) is 16.3 Å². The first-order chi connectivity index (χ1) is 9.50. The Morgan fingerprint density at radius 2 is 2.15 bits per heavy atom. The molecule has 1 heterocycles. The molecule has 1 fully saturated rings. The van der Waals surface area contributed by atoms with Crippen molar-refractivity contribution in [2.45, 2.75) is 32.7 Å². The predicted octanol–water partition coefficient (Wildman–Crippen LogP) is 3.28. The fraction of sp³-hybridized carbons (Fsp3) is 0.467. The molecule has 0 N–H and O–H groups in total. The molecule has 1 saturated heterocycles. The zero-order chi connectivity index (χ0) is 14.7. The van der Waals surface area contributed by atoms with Crippen LogP contribution in [0, 0.1) is 5.92 Å². The second-order valence-electron chi connectivity index (χ2n) is 5.24. The van der Waals surface area contributed by atoms with Crippen LogP contribution in [0.1, 0.15) is 25.8 Å². The lowest BCUT2D eigenvalue weighted by Crippen LogP contribution is -2.41. The molecule has 1 atom stereocenters. The van der Waals surface area contributed by atoms with Gasteiger partial charge in [-0.05, 0) is 24.0 Å². The molecule has 1 aliphatic rings. The number of nitrogens with zero attached hydrogens (tertiary/aromatic N) is 1. The van der Waals surface area contributed by atoms with E-state index in [1.54, 1.807) is 6.07 Å². The van der Waals surface area contributed by atoms with Gasteiger partial charge in [-0.2, -0.15) is 0 Å². The van der Waals surface area contributed by atoms with Crippen molar-refractivity contribution < 1.29 is 14.3 Å². The van der Waals surface area contributed by atoms with Crippen LogP contribution in [0.5, 0.6) is 0 Å². The number of carbonyl (C=O) groups is 2. The number of hydrogen-bond acceptors (Lipinski definition) is 3. The summed E-state index contributed by atoms with van der Waals surface area (Å²) >= 11 is 6.06. The smallest absolute Gasteiger partial charge is 0.416 e. The highest BCUT2D eigenvalue weighted by atomic mass is 35.5. The van der Waals surface area contributed by atoms with Crippen molar-refractivity contribution >= 4 is 23.6 Å². The standard InChI is InChI=1S/C15H18ClNO3/c1-10(2)13-9-20-15(19)17(13)14(18)8-7-11-5-3-4-6-12(11)16/h3-6,10,13H,7-9H2,1-2H3. The highest BCUT2D eigenvalue weighted by Crippen LogP contribution is 2.22. The molecule has 20 heavy (non-hydrogen) atoms. The van der Waals surface area contributed by atoms with Gasteiger partial charge in [0, 0.05) is 11.4 Å². The first-order valence-corrected chi connectivity index (χ1v) is 7.10. The summed E-state index contributed by atoms with van der Waals surface area (Å²) in [6.45, 7) is 4.23. The van der Waals surface area contributed by atoms with E-state index in [1.165, 1.54) is 4.90 Å². The lowest BCUT2D eigenvalue weighted by molar-refractivity contribution is -0.129. The molecule has 0 saturated carbocycles. The second kappa shape index (κ2) is 6.27. The van der Waals surface area contributed by atoms with Crippen LogP contribution < -0.4 is 0 Å². The summed E-state index contributed by atoms with van der Waals surface area (Å²) < 4.78 is 4.98. The lowest BCUT2D eigenvalue weighted by Gasteiger charge is -2.22. The molecule has 5 heteroatoms. The van der Waals surface area contributed by atoms with E-state index in [-0.39, 0.29) is 30.9 Å². The van der Waals surface area contributed by atoms with Gasteiger partial charge in [0.25, 0.3) is 0 Å². The molecule has 2 amide bonds.